The lowest BCUT2D eigenvalue weighted by molar-refractivity contribution is 0.102. The molecule has 0 radical (unpaired) electrons. The summed E-state index contributed by atoms with van der Waals surface area (Å²) in [4.78, 5) is 16.8. The fraction of sp³-hybridized carbons (Fsp3) is 0.0526. The molecule has 126 valence electrons. The summed E-state index contributed by atoms with van der Waals surface area (Å²) in [5.74, 6) is 0.00373. The van der Waals surface area contributed by atoms with Crippen LogP contribution in [0.5, 0.6) is 5.75 Å². The van der Waals surface area contributed by atoms with Crippen LogP contribution in [0.15, 0.2) is 66.9 Å². The Morgan fingerprint density at radius 3 is 2.48 bits per heavy atom. The van der Waals surface area contributed by atoms with Gasteiger partial charge in [-0.1, -0.05) is 24.3 Å². The van der Waals surface area contributed by atoms with E-state index in [9.17, 15) is 9.18 Å². The summed E-state index contributed by atoms with van der Waals surface area (Å²) >= 11 is 0. The second-order valence-corrected chi connectivity index (χ2v) is 5.16. The number of pyridine rings is 1. The topological polar surface area (TPSA) is 63.2 Å². The molecular formula is C19H16FN3O2. The van der Waals surface area contributed by atoms with E-state index in [0.717, 1.165) is 0 Å². The SMILES string of the molecule is COc1ccccc1NC(=O)c1cccnc1Nc1ccccc1F. The van der Waals surface area contributed by atoms with E-state index in [1.807, 2.05) is 6.07 Å². The third-order valence-corrected chi connectivity index (χ3v) is 3.53. The largest absolute Gasteiger partial charge is 0.495 e. The molecule has 2 N–H and O–H groups in total. The van der Waals surface area contributed by atoms with Crippen molar-refractivity contribution in [2.24, 2.45) is 0 Å². The summed E-state index contributed by atoms with van der Waals surface area (Å²) < 4.78 is 19.1. The summed E-state index contributed by atoms with van der Waals surface area (Å²) in [7, 11) is 1.53. The van der Waals surface area contributed by atoms with Crippen LogP contribution in [0.4, 0.5) is 21.6 Å². The Morgan fingerprint density at radius 1 is 1.00 bits per heavy atom. The number of nitrogens with zero attached hydrogens (tertiary/aromatic N) is 1. The monoisotopic (exact) mass is 337 g/mol. The first-order chi connectivity index (χ1) is 12.2. The molecule has 1 heterocycles. The highest BCUT2D eigenvalue weighted by Crippen LogP contribution is 2.26. The standard InChI is InChI=1S/C19H16FN3O2/c1-25-17-11-5-4-10-16(17)23-19(24)13-7-6-12-21-18(13)22-15-9-3-2-8-14(15)20/h2-12H,1H3,(H,21,22)(H,23,24). The Labute approximate surface area is 144 Å². The van der Waals surface area contributed by atoms with Gasteiger partial charge >= 0.3 is 0 Å². The van der Waals surface area contributed by atoms with Gasteiger partial charge in [-0.2, -0.15) is 0 Å². The van der Waals surface area contributed by atoms with Crippen LogP contribution in [0.25, 0.3) is 0 Å². The van der Waals surface area contributed by atoms with E-state index in [1.165, 1.54) is 19.4 Å². The van der Waals surface area contributed by atoms with Crippen LogP contribution >= 0.6 is 0 Å². The number of carbonyl (C=O) groups is 1. The van der Waals surface area contributed by atoms with Gasteiger partial charge in [0.25, 0.3) is 5.91 Å². The molecule has 0 saturated carbocycles. The van der Waals surface area contributed by atoms with Crippen molar-refractivity contribution in [2.45, 2.75) is 0 Å². The minimum absolute atomic E-state index is 0.243. The molecule has 3 aromatic rings. The van der Waals surface area contributed by atoms with Gasteiger partial charge in [-0.3, -0.25) is 4.79 Å². The predicted octanol–water partition coefficient (Wildman–Crippen LogP) is 4.23. The van der Waals surface area contributed by atoms with Crippen molar-refractivity contribution in [1.29, 1.82) is 0 Å². The number of para-hydroxylation sites is 3. The Balaban J connectivity index is 1.87. The molecule has 0 unspecified atom stereocenters. The van der Waals surface area contributed by atoms with Crippen molar-refractivity contribution in [3.63, 3.8) is 0 Å². The fourth-order valence-electron chi connectivity index (χ4n) is 2.32. The molecule has 0 saturated heterocycles. The molecule has 0 fully saturated rings. The molecule has 0 bridgehead atoms. The number of aromatic nitrogens is 1. The normalized spacial score (nSPS) is 10.2. The van der Waals surface area contributed by atoms with Crippen molar-refractivity contribution < 1.29 is 13.9 Å². The third kappa shape index (κ3) is 3.74. The van der Waals surface area contributed by atoms with Gasteiger partial charge in [0, 0.05) is 6.20 Å². The fourth-order valence-corrected chi connectivity index (χ4v) is 2.32. The molecule has 0 aliphatic carbocycles. The van der Waals surface area contributed by atoms with Crippen molar-refractivity contribution in [3.05, 3.63) is 78.2 Å². The smallest absolute Gasteiger partial charge is 0.259 e. The quantitative estimate of drug-likeness (QED) is 0.731. The van der Waals surface area contributed by atoms with Crippen molar-refractivity contribution in [1.82, 2.24) is 4.98 Å². The summed E-state index contributed by atoms with van der Waals surface area (Å²) in [6, 6.07) is 16.5. The van der Waals surface area contributed by atoms with Gasteiger partial charge in [0.15, 0.2) is 0 Å². The first-order valence-electron chi connectivity index (χ1n) is 7.60. The maximum absolute atomic E-state index is 13.8. The van der Waals surface area contributed by atoms with Gasteiger partial charge in [0.1, 0.15) is 17.4 Å². The molecule has 5 nitrogen and oxygen atoms in total. The van der Waals surface area contributed by atoms with Crippen LogP contribution < -0.4 is 15.4 Å². The lowest BCUT2D eigenvalue weighted by Gasteiger charge is -2.13. The van der Waals surface area contributed by atoms with Crippen molar-refractivity contribution in [3.8, 4) is 5.75 Å². The number of rotatable bonds is 5. The Hall–Kier alpha value is -3.41. The van der Waals surface area contributed by atoms with Crippen LogP contribution in [0.2, 0.25) is 0 Å². The van der Waals surface area contributed by atoms with E-state index >= 15 is 0 Å². The average molecular weight is 337 g/mol. The summed E-state index contributed by atoms with van der Waals surface area (Å²) in [5.41, 5.74) is 1.07. The minimum Gasteiger partial charge on any atom is -0.495 e. The van der Waals surface area contributed by atoms with Gasteiger partial charge in [0.05, 0.1) is 24.0 Å². The molecule has 0 atom stereocenters. The number of amides is 1. The van der Waals surface area contributed by atoms with Crippen LogP contribution in [-0.2, 0) is 0 Å². The van der Waals surface area contributed by atoms with Gasteiger partial charge in [0.2, 0.25) is 0 Å². The number of nitrogens with one attached hydrogen (secondary N) is 2. The number of ether oxygens (including phenoxy) is 1. The van der Waals surface area contributed by atoms with Gasteiger partial charge in [-0.05, 0) is 36.4 Å². The Morgan fingerprint density at radius 2 is 1.72 bits per heavy atom. The summed E-state index contributed by atoms with van der Waals surface area (Å²) in [6.45, 7) is 0. The molecule has 0 aliphatic rings. The predicted molar refractivity (Wildman–Crippen MR) is 94.9 cm³/mol. The van der Waals surface area contributed by atoms with Gasteiger partial charge in [-0.25, -0.2) is 9.37 Å². The number of benzene rings is 2. The molecular weight excluding hydrogens is 321 g/mol. The first-order valence-corrected chi connectivity index (χ1v) is 7.60. The Kier molecular flexibility index (Phi) is 4.89. The zero-order valence-electron chi connectivity index (χ0n) is 13.5. The van der Waals surface area contributed by atoms with Crippen molar-refractivity contribution >= 4 is 23.1 Å². The number of halogens is 1. The zero-order valence-corrected chi connectivity index (χ0v) is 13.5. The summed E-state index contributed by atoms with van der Waals surface area (Å²) in [6.07, 6.45) is 1.53. The maximum Gasteiger partial charge on any atom is 0.259 e. The molecule has 2 aromatic carbocycles. The van der Waals surface area contributed by atoms with Crippen LogP contribution in [0.3, 0.4) is 0 Å². The first kappa shape index (κ1) is 16.4. The average Bonchev–Trinajstić information content (AvgIpc) is 2.64. The van der Waals surface area contributed by atoms with Crippen molar-refractivity contribution in [2.75, 3.05) is 17.7 Å². The van der Waals surface area contributed by atoms with Crippen LogP contribution in [0, 0.1) is 5.82 Å². The van der Waals surface area contributed by atoms with Crippen LogP contribution in [0.1, 0.15) is 10.4 Å². The van der Waals surface area contributed by atoms with E-state index in [4.69, 9.17) is 4.74 Å². The molecule has 1 amide bonds. The lowest BCUT2D eigenvalue weighted by atomic mass is 10.2. The molecule has 0 spiro atoms. The van der Waals surface area contributed by atoms with E-state index in [2.05, 4.69) is 15.6 Å². The third-order valence-electron chi connectivity index (χ3n) is 3.53. The lowest BCUT2D eigenvalue weighted by Crippen LogP contribution is -2.15. The molecule has 3 rings (SSSR count). The highest BCUT2D eigenvalue weighted by molar-refractivity contribution is 6.08. The van der Waals surface area contributed by atoms with E-state index in [1.54, 1.807) is 48.5 Å². The Bertz CT molecular complexity index is 899. The van der Waals surface area contributed by atoms with E-state index in [-0.39, 0.29) is 23.0 Å². The van der Waals surface area contributed by atoms with E-state index < -0.39 is 5.82 Å². The molecule has 1 aromatic heterocycles. The number of hydrogen-bond donors (Lipinski definition) is 2. The molecule has 6 heteroatoms. The second-order valence-electron chi connectivity index (χ2n) is 5.16. The molecule has 0 aliphatic heterocycles. The van der Waals surface area contributed by atoms with Crippen LogP contribution in [-0.4, -0.2) is 18.0 Å². The molecule has 25 heavy (non-hydrogen) atoms. The summed E-state index contributed by atoms with van der Waals surface area (Å²) in [5, 5.41) is 5.64. The number of anilines is 3. The highest BCUT2D eigenvalue weighted by Gasteiger charge is 2.15. The maximum atomic E-state index is 13.8. The van der Waals surface area contributed by atoms with Gasteiger partial charge in [-0.15, -0.1) is 0 Å². The number of methoxy groups -OCH3 is 1. The highest BCUT2D eigenvalue weighted by atomic mass is 19.1. The number of carbonyl (C=O) groups excluding carboxylic acids is 1. The zero-order chi connectivity index (χ0) is 17.6. The minimum atomic E-state index is -0.427. The van der Waals surface area contributed by atoms with E-state index in [0.29, 0.717) is 11.4 Å². The van der Waals surface area contributed by atoms with Gasteiger partial charge < -0.3 is 15.4 Å². The second kappa shape index (κ2) is 7.44. The number of hydrogen-bond acceptors (Lipinski definition) is 4.